The van der Waals surface area contributed by atoms with Crippen molar-refractivity contribution in [2.24, 2.45) is 0 Å². The molecule has 0 aliphatic carbocycles. The van der Waals surface area contributed by atoms with Gasteiger partial charge in [0.25, 0.3) is 0 Å². The molecule has 0 saturated carbocycles. The van der Waals surface area contributed by atoms with Crippen molar-refractivity contribution in [3.63, 3.8) is 0 Å². The van der Waals surface area contributed by atoms with Gasteiger partial charge in [-0.05, 0) is 65.8 Å². The van der Waals surface area contributed by atoms with Crippen molar-refractivity contribution in [1.82, 2.24) is 4.98 Å². The number of furan rings is 2. The number of carbonyl (C=O) groups excluding carboxylic acids is 1. The summed E-state index contributed by atoms with van der Waals surface area (Å²) in [5, 5.41) is 10.5. The Morgan fingerprint density at radius 2 is 1.48 bits per heavy atom. The number of pyridine rings is 1. The van der Waals surface area contributed by atoms with Gasteiger partial charge in [-0.3, -0.25) is 9.78 Å². The van der Waals surface area contributed by atoms with Gasteiger partial charge in [0.2, 0.25) is 0 Å². The van der Waals surface area contributed by atoms with Gasteiger partial charge in [0.1, 0.15) is 11.3 Å². The second kappa shape index (κ2) is 12.6. The van der Waals surface area contributed by atoms with Gasteiger partial charge in [-0.25, -0.2) is 0 Å². The first kappa shape index (κ1) is 32.9. The number of nitrogens with zero attached hydrogens (tertiary/aromatic N) is 1. The number of fused-ring (bicyclic) bond motifs is 4. The van der Waals surface area contributed by atoms with Gasteiger partial charge < -0.3 is 13.9 Å². The van der Waals surface area contributed by atoms with Crippen LogP contribution in [0.1, 0.15) is 66.5 Å². The van der Waals surface area contributed by atoms with E-state index < -0.39 is 0 Å². The van der Waals surface area contributed by atoms with Crippen LogP contribution in [0.2, 0.25) is 0 Å². The number of aliphatic hydroxyl groups excluding tert-OH is 1. The number of hydrogen-bond acceptors (Lipinski definition) is 5. The van der Waals surface area contributed by atoms with Crippen molar-refractivity contribution >= 4 is 38.8 Å². The molecule has 0 fully saturated rings. The molecule has 6 rings (SSSR count). The summed E-state index contributed by atoms with van der Waals surface area (Å²) in [5.41, 5.74) is 8.69. The summed E-state index contributed by atoms with van der Waals surface area (Å²) in [5.74, 6) is 0.768. The predicted octanol–water partition coefficient (Wildman–Crippen LogP) is 10.5. The summed E-state index contributed by atoms with van der Waals surface area (Å²) in [6.45, 7) is 16.3. The first-order valence-corrected chi connectivity index (χ1v) is 14.5. The summed E-state index contributed by atoms with van der Waals surface area (Å²) in [6.07, 6.45) is 1.17. The van der Waals surface area contributed by atoms with Crippen LogP contribution < -0.4 is 0 Å². The maximum absolute atomic E-state index is 10.0. The molecule has 0 spiro atoms. The molecule has 0 unspecified atom stereocenters. The van der Waals surface area contributed by atoms with Crippen LogP contribution in [0.5, 0.6) is 0 Å². The molecule has 0 saturated heterocycles. The Bertz CT molecular complexity index is 1960. The fourth-order valence-electron chi connectivity index (χ4n) is 5.02. The third kappa shape index (κ3) is 7.04. The van der Waals surface area contributed by atoms with Crippen molar-refractivity contribution in [3.8, 4) is 22.6 Å². The van der Waals surface area contributed by atoms with Gasteiger partial charge in [-0.15, -0.1) is 18.2 Å². The number of para-hydroxylation sites is 1. The minimum atomic E-state index is -0.125. The quantitative estimate of drug-likeness (QED) is 0.110. The molecular formula is C38H38IrNO4-. The first-order chi connectivity index (χ1) is 20.2. The molecule has 3 aromatic heterocycles. The van der Waals surface area contributed by atoms with E-state index in [1.165, 1.54) is 31.1 Å². The summed E-state index contributed by atoms with van der Waals surface area (Å²) >= 11 is 0. The number of aliphatic hydroxyl groups is 1. The Kier molecular flexibility index (Phi) is 9.39. The fourth-order valence-corrected chi connectivity index (χ4v) is 5.02. The number of rotatable bonds is 3. The van der Waals surface area contributed by atoms with Crippen LogP contribution in [0.3, 0.4) is 0 Å². The second-order valence-corrected chi connectivity index (χ2v) is 13.1. The van der Waals surface area contributed by atoms with E-state index in [1.54, 1.807) is 0 Å². The van der Waals surface area contributed by atoms with Crippen LogP contribution >= 0.6 is 0 Å². The van der Waals surface area contributed by atoms with Gasteiger partial charge in [-0.1, -0.05) is 82.8 Å². The molecule has 6 aromatic rings. The van der Waals surface area contributed by atoms with E-state index in [9.17, 15) is 4.79 Å². The second-order valence-electron chi connectivity index (χ2n) is 13.1. The molecular weight excluding hydrogens is 727 g/mol. The van der Waals surface area contributed by atoms with Gasteiger partial charge in [-0.2, -0.15) is 0 Å². The van der Waals surface area contributed by atoms with Crippen molar-refractivity contribution in [2.45, 2.75) is 66.2 Å². The average Bonchev–Trinajstić information content (AvgIpc) is 3.52. The van der Waals surface area contributed by atoms with Crippen molar-refractivity contribution < 1.29 is 38.8 Å². The molecule has 5 nitrogen and oxygen atoms in total. The zero-order valence-electron chi connectivity index (χ0n) is 26.5. The van der Waals surface area contributed by atoms with Gasteiger partial charge in [0.05, 0.1) is 16.9 Å². The van der Waals surface area contributed by atoms with Crippen LogP contribution in [0.25, 0.3) is 55.6 Å². The molecule has 3 aromatic carbocycles. The van der Waals surface area contributed by atoms with Crippen LogP contribution in [0, 0.1) is 6.07 Å². The minimum Gasteiger partial charge on any atom is -0.512 e. The van der Waals surface area contributed by atoms with Crippen molar-refractivity contribution in [1.29, 1.82) is 0 Å². The van der Waals surface area contributed by atoms with Gasteiger partial charge in [0, 0.05) is 43.2 Å². The van der Waals surface area contributed by atoms with E-state index in [0.29, 0.717) is 0 Å². The molecule has 44 heavy (non-hydrogen) atoms. The Balaban J connectivity index is 0.000000497. The monoisotopic (exact) mass is 765 g/mol. The summed E-state index contributed by atoms with van der Waals surface area (Å²) in [4.78, 5) is 15.0. The van der Waals surface area contributed by atoms with Crippen LogP contribution in [0.15, 0.2) is 93.5 Å². The van der Waals surface area contributed by atoms with Crippen molar-refractivity contribution in [2.75, 3.05) is 0 Å². The first-order valence-electron chi connectivity index (χ1n) is 14.5. The summed E-state index contributed by atoms with van der Waals surface area (Å²) < 4.78 is 12.5. The SMILES string of the molecule is CC(=O)/C=C(/C)O.CC(C)(C)c1cc(-c2cc3nc(-c4[c-]ccc5c4oc4ccccc45)ccc3o2)cc(C(C)(C)C)c1.[Ir]. The normalized spacial score (nSPS) is 12.2. The van der Waals surface area contributed by atoms with Crippen LogP contribution in [-0.2, 0) is 35.7 Å². The third-order valence-corrected chi connectivity index (χ3v) is 7.33. The zero-order valence-corrected chi connectivity index (χ0v) is 28.9. The molecule has 0 atom stereocenters. The molecule has 0 aliphatic rings. The molecule has 0 amide bonds. The van der Waals surface area contributed by atoms with Crippen LogP contribution in [0.4, 0.5) is 0 Å². The molecule has 1 radical (unpaired) electrons. The Hall–Kier alpha value is -3.99. The smallest absolute Gasteiger partial charge is 0.155 e. The van der Waals surface area contributed by atoms with E-state index in [4.69, 9.17) is 18.9 Å². The number of ketones is 1. The number of hydrogen-bond donors (Lipinski definition) is 1. The summed E-state index contributed by atoms with van der Waals surface area (Å²) in [7, 11) is 0. The van der Waals surface area contributed by atoms with E-state index >= 15 is 0 Å². The standard InChI is InChI=1S/C33H30NO2.C5H8O2.Ir/c1-32(2,3)21-16-20(17-22(18-21)33(4,5)6)30-19-27-29(35-30)15-14-26(34-27)25-12-9-11-24-23-10-7-8-13-28(23)36-31(24)25;1-4(6)3-5(2)7;/h7-11,13-19H,1-6H3;3,6H,1-2H3;/q-1;;/b;4-3-;. The minimum absolute atomic E-state index is 0. The van der Waals surface area contributed by atoms with E-state index in [0.717, 1.165) is 55.6 Å². The molecule has 3 heterocycles. The molecule has 229 valence electrons. The molecule has 0 bridgehead atoms. The molecule has 6 heteroatoms. The maximum atomic E-state index is 10.0. The third-order valence-electron chi connectivity index (χ3n) is 7.33. The number of allylic oxidation sites excluding steroid dienone is 2. The maximum Gasteiger partial charge on any atom is 0.155 e. The van der Waals surface area contributed by atoms with Gasteiger partial charge in [0.15, 0.2) is 11.4 Å². The number of carbonyl (C=O) groups is 1. The van der Waals surface area contributed by atoms with Gasteiger partial charge >= 0.3 is 0 Å². The Morgan fingerprint density at radius 3 is 2.07 bits per heavy atom. The van der Waals surface area contributed by atoms with Crippen LogP contribution in [-0.4, -0.2) is 15.9 Å². The Morgan fingerprint density at radius 1 is 0.818 bits per heavy atom. The van der Waals surface area contributed by atoms with E-state index in [-0.39, 0.29) is 42.5 Å². The number of aromatic nitrogens is 1. The largest absolute Gasteiger partial charge is 0.512 e. The van der Waals surface area contributed by atoms with Crippen molar-refractivity contribution in [3.05, 3.63) is 102 Å². The number of benzene rings is 3. The Labute approximate surface area is 272 Å². The van der Waals surface area contributed by atoms with E-state index in [1.807, 2.05) is 48.5 Å². The van der Waals surface area contributed by atoms with E-state index in [2.05, 4.69) is 71.9 Å². The zero-order chi connectivity index (χ0) is 31.1. The summed E-state index contributed by atoms with van der Waals surface area (Å²) in [6, 6.07) is 28.3. The molecule has 0 aliphatic heterocycles. The topological polar surface area (TPSA) is 76.5 Å². The fraction of sp³-hybridized carbons (Fsp3) is 0.263. The average molecular weight is 765 g/mol. The molecule has 1 N–H and O–H groups in total. The predicted molar refractivity (Wildman–Crippen MR) is 175 cm³/mol.